The fraction of sp³-hybridized carbons (Fsp3) is 0.692. The van der Waals surface area contributed by atoms with Crippen LogP contribution in [0.15, 0.2) is 16.3 Å². The molecule has 1 rings (SSSR count). The normalized spacial score (nSPS) is 12.2. The molecule has 0 atom stereocenters. The highest BCUT2D eigenvalue weighted by atomic mass is 35.5. The number of sulfonamides is 1. The first-order valence-corrected chi connectivity index (χ1v) is 8.88. The molecule has 118 valence electrons. The molecule has 0 aliphatic heterocycles. The first-order chi connectivity index (χ1) is 8.77. The lowest BCUT2D eigenvalue weighted by Crippen LogP contribution is -2.31. The van der Waals surface area contributed by atoms with Gasteiger partial charge in [0.05, 0.1) is 0 Å². The Bertz CT molecular complexity index is 493. The van der Waals surface area contributed by atoms with Crippen molar-refractivity contribution in [1.82, 2.24) is 10.0 Å². The molecule has 0 aliphatic rings. The summed E-state index contributed by atoms with van der Waals surface area (Å²) in [7, 11) is -3.36. The molecular weight excluding hydrogens is 316 g/mol. The molecule has 0 amide bonds. The minimum atomic E-state index is -3.36. The zero-order chi connectivity index (χ0) is 14.5. The van der Waals surface area contributed by atoms with Crippen LogP contribution in [-0.4, -0.2) is 28.1 Å². The molecule has 0 bridgehead atoms. The van der Waals surface area contributed by atoms with Crippen molar-refractivity contribution in [3.8, 4) is 0 Å². The zero-order valence-corrected chi connectivity index (χ0v) is 15.0. The summed E-state index contributed by atoms with van der Waals surface area (Å²) in [6.07, 6.45) is 1.05. The molecule has 1 aromatic heterocycles. The predicted octanol–water partition coefficient (Wildman–Crippen LogP) is 2.75. The number of thiophene rings is 1. The van der Waals surface area contributed by atoms with E-state index >= 15 is 0 Å². The number of nitrogens with one attached hydrogen (secondary N) is 2. The molecule has 1 aromatic rings. The van der Waals surface area contributed by atoms with E-state index in [2.05, 4.69) is 37.7 Å². The maximum atomic E-state index is 12.1. The second kappa shape index (κ2) is 8.34. The third-order valence-corrected chi connectivity index (χ3v) is 6.07. The van der Waals surface area contributed by atoms with E-state index in [1.54, 1.807) is 6.07 Å². The van der Waals surface area contributed by atoms with Gasteiger partial charge in [-0.3, -0.25) is 0 Å². The maximum absolute atomic E-state index is 12.1. The van der Waals surface area contributed by atoms with E-state index in [4.69, 9.17) is 0 Å². The summed E-state index contributed by atoms with van der Waals surface area (Å²) < 4.78 is 27.2. The Hall–Kier alpha value is -0.140. The van der Waals surface area contributed by atoms with E-state index in [0.717, 1.165) is 17.8 Å². The second-order valence-corrected chi connectivity index (χ2v) is 8.59. The molecule has 0 spiro atoms. The number of hydrogen-bond donors (Lipinski definition) is 2. The van der Waals surface area contributed by atoms with Crippen molar-refractivity contribution < 1.29 is 8.42 Å². The maximum Gasteiger partial charge on any atom is 0.250 e. The molecule has 20 heavy (non-hydrogen) atoms. The van der Waals surface area contributed by atoms with Gasteiger partial charge >= 0.3 is 0 Å². The summed E-state index contributed by atoms with van der Waals surface area (Å²) >= 11 is 1.34. The Labute approximate surface area is 132 Å². The molecule has 0 radical (unpaired) electrons. The van der Waals surface area contributed by atoms with Crippen LogP contribution in [0.1, 0.15) is 39.0 Å². The van der Waals surface area contributed by atoms with Crippen LogP contribution < -0.4 is 10.0 Å². The van der Waals surface area contributed by atoms with Crippen LogP contribution >= 0.6 is 23.7 Å². The van der Waals surface area contributed by atoms with Crippen molar-refractivity contribution in [2.45, 2.75) is 43.7 Å². The Morgan fingerprint density at radius 3 is 2.30 bits per heavy atom. The summed E-state index contributed by atoms with van der Waals surface area (Å²) in [5, 5.41) is 3.17. The highest BCUT2D eigenvalue weighted by Crippen LogP contribution is 2.31. The van der Waals surface area contributed by atoms with E-state index in [1.165, 1.54) is 11.3 Å². The van der Waals surface area contributed by atoms with Gasteiger partial charge < -0.3 is 5.32 Å². The molecule has 0 unspecified atom stereocenters. The van der Waals surface area contributed by atoms with Crippen molar-refractivity contribution in [1.29, 1.82) is 0 Å². The average molecular weight is 341 g/mol. The average Bonchev–Trinajstić information content (AvgIpc) is 2.78. The molecule has 0 aromatic carbocycles. The van der Waals surface area contributed by atoms with E-state index < -0.39 is 10.0 Å². The molecule has 4 nitrogen and oxygen atoms in total. The number of halogens is 1. The van der Waals surface area contributed by atoms with E-state index in [1.807, 2.05) is 6.07 Å². The number of rotatable bonds is 7. The third kappa shape index (κ3) is 6.10. The van der Waals surface area contributed by atoms with Gasteiger partial charge in [-0.2, -0.15) is 0 Å². The van der Waals surface area contributed by atoms with E-state index in [-0.39, 0.29) is 17.8 Å². The summed E-state index contributed by atoms with van der Waals surface area (Å²) in [5.41, 5.74) is -0.0128. The molecule has 0 aliphatic carbocycles. The molecule has 0 fully saturated rings. The van der Waals surface area contributed by atoms with Crippen molar-refractivity contribution in [3.05, 3.63) is 17.0 Å². The van der Waals surface area contributed by atoms with Crippen molar-refractivity contribution >= 4 is 33.8 Å². The molecular formula is C13H25ClN2O2S2. The summed E-state index contributed by atoms with van der Waals surface area (Å²) in [4.78, 5) is 1.08. The molecule has 2 N–H and O–H groups in total. The Morgan fingerprint density at radius 2 is 1.80 bits per heavy atom. The van der Waals surface area contributed by atoms with Gasteiger partial charge in [-0.25, -0.2) is 13.1 Å². The van der Waals surface area contributed by atoms with Gasteiger partial charge in [-0.15, -0.1) is 23.7 Å². The third-order valence-electron chi connectivity index (χ3n) is 2.61. The van der Waals surface area contributed by atoms with Crippen LogP contribution in [0.4, 0.5) is 0 Å². The van der Waals surface area contributed by atoms with Gasteiger partial charge in [0, 0.05) is 18.0 Å². The van der Waals surface area contributed by atoms with Gasteiger partial charge in [0.1, 0.15) is 4.21 Å². The van der Waals surface area contributed by atoms with Crippen LogP contribution in [0.3, 0.4) is 0 Å². The van der Waals surface area contributed by atoms with Crippen molar-refractivity contribution in [2.75, 3.05) is 19.6 Å². The molecule has 0 saturated heterocycles. The topological polar surface area (TPSA) is 58.2 Å². The SMILES string of the molecule is CCCNCCNS(=O)(=O)c1ccc(C(C)(C)C)s1.Cl. The largest absolute Gasteiger partial charge is 0.315 e. The lowest BCUT2D eigenvalue weighted by Gasteiger charge is -2.15. The lowest BCUT2D eigenvalue weighted by molar-refractivity contribution is 0.577. The summed E-state index contributed by atoms with van der Waals surface area (Å²) in [6.45, 7) is 10.3. The monoisotopic (exact) mass is 340 g/mol. The van der Waals surface area contributed by atoms with Gasteiger partial charge in [0.15, 0.2) is 0 Å². The van der Waals surface area contributed by atoms with Crippen LogP contribution in [0.2, 0.25) is 0 Å². The second-order valence-electron chi connectivity index (χ2n) is 5.52. The fourth-order valence-electron chi connectivity index (χ4n) is 1.51. The van der Waals surface area contributed by atoms with Gasteiger partial charge in [-0.1, -0.05) is 27.7 Å². The van der Waals surface area contributed by atoms with Crippen LogP contribution in [-0.2, 0) is 15.4 Å². The first kappa shape index (κ1) is 19.9. The predicted molar refractivity (Wildman–Crippen MR) is 88.6 cm³/mol. The Kier molecular flexibility index (Phi) is 8.28. The standard InChI is InChI=1S/C13H24N2O2S2.ClH/c1-5-8-14-9-10-15-19(16,17)12-7-6-11(18-12)13(2,3)4;/h6-7,14-15H,5,8-10H2,1-4H3;1H. The quantitative estimate of drug-likeness (QED) is 0.750. The lowest BCUT2D eigenvalue weighted by atomic mass is 9.95. The van der Waals surface area contributed by atoms with Gasteiger partial charge in [0.2, 0.25) is 10.0 Å². The fourth-order valence-corrected chi connectivity index (χ4v) is 3.95. The van der Waals surface area contributed by atoms with E-state index in [9.17, 15) is 8.42 Å². The van der Waals surface area contributed by atoms with Crippen LogP contribution in [0.25, 0.3) is 0 Å². The smallest absolute Gasteiger partial charge is 0.250 e. The summed E-state index contributed by atoms with van der Waals surface area (Å²) in [5.74, 6) is 0. The number of hydrogen-bond acceptors (Lipinski definition) is 4. The highest BCUT2D eigenvalue weighted by Gasteiger charge is 2.21. The molecule has 1 heterocycles. The molecule has 7 heteroatoms. The summed E-state index contributed by atoms with van der Waals surface area (Å²) in [6, 6.07) is 3.58. The van der Waals surface area contributed by atoms with Crippen molar-refractivity contribution in [2.24, 2.45) is 0 Å². The zero-order valence-electron chi connectivity index (χ0n) is 12.5. The first-order valence-electron chi connectivity index (χ1n) is 6.58. The van der Waals surface area contributed by atoms with Crippen LogP contribution in [0, 0.1) is 0 Å². The van der Waals surface area contributed by atoms with Gasteiger partial charge in [0.25, 0.3) is 0 Å². The van der Waals surface area contributed by atoms with Crippen LogP contribution in [0.5, 0.6) is 0 Å². The minimum Gasteiger partial charge on any atom is -0.315 e. The van der Waals surface area contributed by atoms with Crippen molar-refractivity contribution in [3.63, 3.8) is 0 Å². The van der Waals surface area contributed by atoms with E-state index in [0.29, 0.717) is 17.3 Å². The molecule has 0 saturated carbocycles. The van der Waals surface area contributed by atoms with Gasteiger partial charge in [-0.05, 0) is 30.5 Å². The minimum absolute atomic E-state index is 0. The highest BCUT2D eigenvalue weighted by molar-refractivity contribution is 7.91. The Morgan fingerprint density at radius 1 is 1.15 bits per heavy atom. The Balaban J connectivity index is 0.00000361.